The zero-order valence-electron chi connectivity index (χ0n) is 18.1. The highest BCUT2D eigenvalue weighted by Crippen LogP contribution is 2.38. The summed E-state index contributed by atoms with van der Waals surface area (Å²) in [6, 6.07) is 11.9. The summed E-state index contributed by atoms with van der Waals surface area (Å²) >= 11 is 7.46. The number of rotatable bonds is 6. The van der Waals surface area contributed by atoms with Crippen LogP contribution in [0, 0.1) is 0 Å². The molecule has 1 saturated heterocycles. The van der Waals surface area contributed by atoms with E-state index in [2.05, 4.69) is 4.98 Å². The molecule has 4 rings (SSSR count). The Kier molecular flexibility index (Phi) is 7.12. The Hall–Kier alpha value is -3.14. The second-order valence-electron chi connectivity index (χ2n) is 7.07. The SMILES string of the molecule is COc1ccc(N(C(=O)c2ccccc2Cl)c2ncc(C(=O)N3CCOCC3)s2)cc1OC. The third-order valence-corrected chi connectivity index (χ3v) is 6.43. The van der Waals surface area contributed by atoms with Gasteiger partial charge in [-0.05, 0) is 24.3 Å². The van der Waals surface area contributed by atoms with E-state index in [0.29, 0.717) is 64.1 Å². The van der Waals surface area contributed by atoms with Crippen LogP contribution < -0.4 is 14.4 Å². The molecule has 1 aliphatic rings. The number of carbonyl (C=O) groups excluding carboxylic acids is 2. The van der Waals surface area contributed by atoms with Crippen LogP contribution in [0.4, 0.5) is 10.8 Å². The smallest absolute Gasteiger partial charge is 0.266 e. The van der Waals surface area contributed by atoms with Gasteiger partial charge in [0.1, 0.15) is 4.88 Å². The van der Waals surface area contributed by atoms with Gasteiger partial charge in [0.05, 0.1) is 49.9 Å². The molecular formula is C23H22ClN3O5S. The minimum atomic E-state index is -0.382. The number of carbonyl (C=O) groups is 2. The van der Waals surface area contributed by atoms with Gasteiger partial charge in [-0.15, -0.1) is 0 Å². The standard InChI is InChI=1S/C23H22ClN3O5S/c1-30-18-8-7-15(13-19(18)31-2)27(21(28)16-5-3-4-6-17(16)24)23-25-14-20(33-23)22(29)26-9-11-32-12-10-26/h3-8,13-14H,9-12H2,1-2H3. The van der Waals surface area contributed by atoms with Crippen LogP contribution in [-0.4, -0.2) is 62.2 Å². The van der Waals surface area contributed by atoms with Gasteiger partial charge >= 0.3 is 0 Å². The fourth-order valence-corrected chi connectivity index (χ4v) is 4.54. The summed E-state index contributed by atoms with van der Waals surface area (Å²) in [4.78, 5) is 34.5. The van der Waals surface area contributed by atoms with Crippen molar-refractivity contribution in [2.75, 3.05) is 45.4 Å². The maximum absolute atomic E-state index is 13.6. The number of morpholine rings is 1. The normalized spacial score (nSPS) is 13.5. The van der Waals surface area contributed by atoms with Gasteiger partial charge in [-0.2, -0.15) is 0 Å². The average Bonchev–Trinajstić information content (AvgIpc) is 3.34. The molecule has 0 aliphatic carbocycles. The van der Waals surface area contributed by atoms with Crippen LogP contribution in [0.3, 0.4) is 0 Å². The third kappa shape index (κ3) is 4.80. The van der Waals surface area contributed by atoms with E-state index in [9.17, 15) is 9.59 Å². The Morgan fingerprint density at radius 3 is 2.52 bits per heavy atom. The summed E-state index contributed by atoms with van der Waals surface area (Å²) in [5, 5.41) is 0.651. The van der Waals surface area contributed by atoms with Crippen molar-refractivity contribution in [2.24, 2.45) is 0 Å². The summed E-state index contributed by atoms with van der Waals surface area (Å²) in [7, 11) is 3.05. The molecule has 0 atom stereocenters. The largest absolute Gasteiger partial charge is 0.493 e. The zero-order valence-corrected chi connectivity index (χ0v) is 19.7. The van der Waals surface area contributed by atoms with Crippen molar-refractivity contribution in [3.8, 4) is 11.5 Å². The molecule has 0 unspecified atom stereocenters. The lowest BCUT2D eigenvalue weighted by atomic mass is 10.1. The Morgan fingerprint density at radius 1 is 1.09 bits per heavy atom. The first-order valence-electron chi connectivity index (χ1n) is 10.2. The van der Waals surface area contributed by atoms with Crippen molar-refractivity contribution in [1.82, 2.24) is 9.88 Å². The molecule has 1 aromatic heterocycles. The molecule has 33 heavy (non-hydrogen) atoms. The molecule has 0 saturated carbocycles. The second-order valence-corrected chi connectivity index (χ2v) is 8.49. The summed E-state index contributed by atoms with van der Waals surface area (Å²) in [6.45, 7) is 2.04. The van der Waals surface area contributed by atoms with Crippen LogP contribution in [0.5, 0.6) is 11.5 Å². The number of anilines is 2. The number of hydrogen-bond acceptors (Lipinski definition) is 7. The molecule has 3 aromatic rings. The van der Waals surface area contributed by atoms with Crippen molar-refractivity contribution in [3.63, 3.8) is 0 Å². The van der Waals surface area contributed by atoms with Gasteiger partial charge in [-0.25, -0.2) is 4.98 Å². The summed E-state index contributed by atoms with van der Waals surface area (Å²) in [5.74, 6) is 0.453. The van der Waals surface area contributed by atoms with Gasteiger partial charge < -0.3 is 19.1 Å². The molecular weight excluding hydrogens is 466 g/mol. The van der Waals surface area contributed by atoms with Crippen molar-refractivity contribution >= 4 is 45.6 Å². The Bertz CT molecular complexity index is 1160. The maximum atomic E-state index is 13.6. The molecule has 0 bridgehead atoms. The van der Waals surface area contributed by atoms with Crippen LogP contribution in [0.1, 0.15) is 20.0 Å². The van der Waals surface area contributed by atoms with Crippen LogP contribution in [0.2, 0.25) is 5.02 Å². The molecule has 0 spiro atoms. The van der Waals surface area contributed by atoms with E-state index in [1.807, 2.05) is 0 Å². The number of amides is 2. The highest BCUT2D eigenvalue weighted by atomic mass is 35.5. The first-order valence-corrected chi connectivity index (χ1v) is 11.4. The maximum Gasteiger partial charge on any atom is 0.266 e. The molecule has 1 fully saturated rings. The van der Waals surface area contributed by atoms with E-state index >= 15 is 0 Å². The lowest BCUT2D eigenvalue weighted by Crippen LogP contribution is -2.40. The summed E-state index contributed by atoms with van der Waals surface area (Å²) < 4.78 is 16.1. The van der Waals surface area contributed by atoms with Crippen LogP contribution >= 0.6 is 22.9 Å². The number of aromatic nitrogens is 1. The molecule has 1 aliphatic heterocycles. The zero-order chi connectivity index (χ0) is 23.4. The van der Waals surface area contributed by atoms with E-state index in [1.54, 1.807) is 47.4 Å². The van der Waals surface area contributed by atoms with E-state index in [0.717, 1.165) is 11.3 Å². The molecule has 2 aromatic carbocycles. The number of benzene rings is 2. The summed E-state index contributed by atoms with van der Waals surface area (Å²) in [6.07, 6.45) is 1.49. The van der Waals surface area contributed by atoms with Crippen LogP contribution in [0.25, 0.3) is 0 Å². The molecule has 0 N–H and O–H groups in total. The minimum absolute atomic E-state index is 0.139. The molecule has 2 amide bonds. The quantitative estimate of drug-likeness (QED) is 0.516. The van der Waals surface area contributed by atoms with Crippen molar-refractivity contribution in [2.45, 2.75) is 0 Å². The number of halogens is 1. The molecule has 0 radical (unpaired) electrons. The number of hydrogen-bond donors (Lipinski definition) is 0. The van der Waals surface area contributed by atoms with Gasteiger partial charge in [0, 0.05) is 19.2 Å². The first-order chi connectivity index (χ1) is 16.0. The van der Waals surface area contributed by atoms with Crippen molar-refractivity contribution in [1.29, 1.82) is 0 Å². The van der Waals surface area contributed by atoms with Gasteiger partial charge in [0.25, 0.3) is 11.8 Å². The van der Waals surface area contributed by atoms with Gasteiger partial charge in [0.15, 0.2) is 16.6 Å². The first kappa shape index (κ1) is 23.0. The lowest BCUT2D eigenvalue weighted by molar-refractivity contribution is 0.0306. The molecule has 172 valence electrons. The minimum Gasteiger partial charge on any atom is -0.493 e. The van der Waals surface area contributed by atoms with Gasteiger partial charge in [-0.3, -0.25) is 14.5 Å². The van der Waals surface area contributed by atoms with E-state index in [-0.39, 0.29) is 11.8 Å². The van der Waals surface area contributed by atoms with Gasteiger partial charge in [-0.1, -0.05) is 35.1 Å². The number of methoxy groups -OCH3 is 2. The topological polar surface area (TPSA) is 81.2 Å². The lowest BCUT2D eigenvalue weighted by Gasteiger charge is -2.26. The Morgan fingerprint density at radius 2 is 1.82 bits per heavy atom. The Balaban J connectivity index is 1.75. The van der Waals surface area contributed by atoms with Crippen molar-refractivity contribution in [3.05, 3.63) is 64.1 Å². The van der Waals surface area contributed by atoms with Crippen molar-refractivity contribution < 1.29 is 23.8 Å². The highest BCUT2D eigenvalue weighted by molar-refractivity contribution is 7.17. The second kappa shape index (κ2) is 10.2. The predicted octanol–water partition coefficient (Wildman–Crippen LogP) is 4.26. The number of thiazole rings is 1. The van der Waals surface area contributed by atoms with E-state index in [1.165, 1.54) is 25.3 Å². The molecule has 2 heterocycles. The monoisotopic (exact) mass is 487 g/mol. The number of ether oxygens (including phenoxy) is 3. The van der Waals surface area contributed by atoms with Crippen LogP contribution in [-0.2, 0) is 4.74 Å². The van der Waals surface area contributed by atoms with E-state index < -0.39 is 0 Å². The fourth-order valence-electron chi connectivity index (χ4n) is 3.42. The third-order valence-electron chi connectivity index (χ3n) is 5.13. The fraction of sp³-hybridized carbons (Fsp3) is 0.261. The van der Waals surface area contributed by atoms with E-state index in [4.69, 9.17) is 25.8 Å². The summed E-state index contributed by atoms with van der Waals surface area (Å²) in [5.41, 5.74) is 0.808. The predicted molar refractivity (Wildman–Crippen MR) is 126 cm³/mol. The van der Waals surface area contributed by atoms with Crippen LogP contribution in [0.15, 0.2) is 48.7 Å². The number of nitrogens with zero attached hydrogens (tertiary/aromatic N) is 3. The average molecular weight is 488 g/mol. The molecule has 8 nitrogen and oxygen atoms in total. The molecule has 10 heteroatoms. The van der Waals surface area contributed by atoms with Gasteiger partial charge in [0.2, 0.25) is 0 Å². The highest BCUT2D eigenvalue weighted by Gasteiger charge is 2.28. The Labute approximate surface area is 200 Å².